The average molecular weight is 408 g/mol. The van der Waals surface area contributed by atoms with Gasteiger partial charge in [-0.05, 0) is 37.1 Å². The van der Waals surface area contributed by atoms with Crippen molar-refractivity contribution in [1.82, 2.24) is 15.1 Å². The van der Waals surface area contributed by atoms with Crippen molar-refractivity contribution in [3.8, 4) is 0 Å². The van der Waals surface area contributed by atoms with E-state index in [1.54, 1.807) is 0 Å². The number of amides is 1. The zero-order valence-corrected chi connectivity index (χ0v) is 17.4. The Kier molecular flexibility index (Phi) is 11.6. The first-order valence-corrected chi connectivity index (χ1v) is 9.96. The van der Waals surface area contributed by atoms with Crippen LogP contribution in [0, 0.1) is 0 Å². The molecule has 0 aliphatic carbocycles. The maximum Gasteiger partial charge on any atom is 0.300 e. The fourth-order valence-corrected chi connectivity index (χ4v) is 3.27. The fourth-order valence-electron chi connectivity index (χ4n) is 3.27. The number of benzene rings is 1. The number of nitrogens with one attached hydrogen (secondary N) is 1. The van der Waals surface area contributed by atoms with Crippen molar-refractivity contribution in [1.29, 1.82) is 0 Å². The Morgan fingerprint density at radius 2 is 1.52 bits per heavy atom. The van der Waals surface area contributed by atoms with Crippen LogP contribution in [0.5, 0.6) is 0 Å². The molecule has 1 aromatic rings. The van der Waals surface area contributed by atoms with Crippen LogP contribution in [0.1, 0.15) is 44.2 Å². The van der Waals surface area contributed by atoms with Crippen molar-refractivity contribution in [2.75, 3.05) is 32.7 Å². The third-order valence-electron chi connectivity index (χ3n) is 4.46. The molecule has 0 atom stereocenters. The molecule has 0 aromatic heterocycles. The van der Waals surface area contributed by atoms with Gasteiger partial charge in [0.05, 0.1) is 0 Å². The van der Waals surface area contributed by atoms with E-state index < -0.39 is 11.9 Å². The average Bonchev–Trinajstić information content (AvgIpc) is 2.85. The largest absolute Gasteiger partial charge is 0.481 e. The van der Waals surface area contributed by atoms with Crippen LogP contribution < -0.4 is 5.32 Å². The molecule has 0 saturated carbocycles. The summed E-state index contributed by atoms with van der Waals surface area (Å²) in [7, 11) is 0. The molecule has 1 fully saturated rings. The Balaban J connectivity index is 0.000000452. The molecule has 2 aliphatic rings. The van der Waals surface area contributed by atoms with Gasteiger partial charge in [0.2, 0.25) is 5.91 Å². The van der Waals surface area contributed by atoms with E-state index in [9.17, 15) is 4.79 Å². The standard InChI is InChI=1S/C17H25N3O.2C2H4O2/c21-17(20-11-4-8-18-9-12-20)7-3-10-19-13-15-5-1-2-6-16(15)14-19;2*1-2(3)4/h1-2,5-6,18H,3-4,7-14H2;2*1H3,(H,3,4). The zero-order chi connectivity index (χ0) is 21.6. The number of fused-ring (bicyclic) bond motifs is 1. The number of rotatable bonds is 4. The molecule has 0 unspecified atom stereocenters. The van der Waals surface area contributed by atoms with Crippen molar-refractivity contribution in [2.45, 2.75) is 46.2 Å². The predicted octanol–water partition coefficient (Wildman–Crippen LogP) is 1.79. The van der Waals surface area contributed by atoms with E-state index in [1.165, 1.54) is 11.1 Å². The third-order valence-corrected chi connectivity index (χ3v) is 4.46. The van der Waals surface area contributed by atoms with E-state index in [1.807, 2.05) is 4.90 Å². The molecule has 2 heterocycles. The van der Waals surface area contributed by atoms with Gasteiger partial charge < -0.3 is 20.4 Å². The molecular formula is C21H33N3O5. The van der Waals surface area contributed by atoms with Gasteiger partial charge >= 0.3 is 0 Å². The van der Waals surface area contributed by atoms with Crippen molar-refractivity contribution >= 4 is 17.8 Å². The Morgan fingerprint density at radius 1 is 0.966 bits per heavy atom. The van der Waals surface area contributed by atoms with E-state index in [2.05, 4.69) is 34.5 Å². The van der Waals surface area contributed by atoms with Crippen LogP contribution in [0.2, 0.25) is 0 Å². The van der Waals surface area contributed by atoms with Gasteiger partial charge in [0, 0.05) is 53.0 Å². The van der Waals surface area contributed by atoms with Gasteiger partial charge in [-0.25, -0.2) is 0 Å². The molecule has 0 bridgehead atoms. The van der Waals surface area contributed by atoms with Gasteiger partial charge in [0.25, 0.3) is 11.9 Å². The number of carboxylic acids is 2. The van der Waals surface area contributed by atoms with Crippen molar-refractivity contribution < 1.29 is 24.6 Å². The van der Waals surface area contributed by atoms with Crippen LogP contribution in [0.3, 0.4) is 0 Å². The van der Waals surface area contributed by atoms with E-state index >= 15 is 0 Å². The van der Waals surface area contributed by atoms with Crippen LogP contribution in [0.4, 0.5) is 0 Å². The molecule has 3 rings (SSSR count). The smallest absolute Gasteiger partial charge is 0.300 e. The van der Waals surface area contributed by atoms with Crippen LogP contribution in [0.25, 0.3) is 0 Å². The van der Waals surface area contributed by atoms with Crippen LogP contribution in [0.15, 0.2) is 24.3 Å². The summed E-state index contributed by atoms with van der Waals surface area (Å²) < 4.78 is 0. The maximum absolute atomic E-state index is 12.2. The number of carbonyl (C=O) groups excluding carboxylic acids is 1. The lowest BCUT2D eigenvalue weighted by molar-refractivity contribution is -0.135. The fraction of sp³-hybridized carbons (Fsp3) is 0.571. The topological polar surface area (TPSA) is 110 Å². The lowest BCUT2D eigenvalue weighted by Crippen LogP contribution is -2.34. The SMILES string of the molecule is CC(=O)O.CC(=O)O.O=C(CCCN1Cc2ccccc2C1)N1CCCNCC1. The lowest BCUT2D eigenvalue weighted by Gasteiger charge is -2.21. The molecule has 0 spiro atoms. The van der Waals surface area contributed by atoms with E-state index in [0.717, 1.165) is 72.5 Å². The second-order valence-corrected chi connectivity index (χ2v) is 7.11. The molecular weight excluding hydrogens is 374 g/mol. The minimum Gasteiger partial charge on any atom is -0.481 e. The number of hydrogen-bond donors (Lipinski definition) is 3. The first-order valence-electron chi connectivity index (χ1n) is 9.96. The number of hydrogen-bond acceptors (Lipinski definition) is 5. The molecule has 2 aliphatic heterocycles. The summed E-state index contributed by atoms with van der Waals surface area (Å²) in [6, 6.07) is 8.65. The van der Waals surface area contributed by atoms with Crippen molar-refractivity contribution in [2.24, 2.45) is 0 Å². The van der Waals surface area contributed by atoms with Crippen molar-refractivity contribution in [3.63, 3.8) is 0 Å². The summed E-state index contributed by atoms with van der Waals surface area (Å²) in [6.07, 6.45) is 2.73. The van der Waals surface area contributed by atoms with Crippen LogP contribution >= 0.6 is 0 Å². The summed E-state index contributed by atoms with van der Waals surface area (Å²) in [5.41, 5.74) is 2.89. The van der Waals surface area contributed by atoms with E-state index in [-0.39, 0.29) is 0 Å². The molecule has 0 radical (unpaired) electrons. The van der Waals surface area contributed by atoms with Gasteiger partial charge in [-0.2, -0.15) is 0 Å². The Hall–Kier alpha value is -2.45. The van der Waals surface area contributed by atoms with Gasteiger partial charge in [0.1, 0.15) is 0 Å². The maximum atomic E-state index is 12.2. The van der Waals surface area contributed by atoms with Gasteiger partial charge in [-0.3, -0.25) is 19.3 Å². The summed E-state index contributed by atoms with van der Waals surface area (Å²) >= 11 is 0. The summed E-state index contributed by atoms with van der Waals surface area (Å²) in [6.45, 7) is 9.03. The summed E-state index contributed by atoms with van der Waals surface area (Å²) in [5, 5.41) is 18.2. The highest BCUT2D eigenvalue weighted by molar-refractivity contribution is 5.76. The first kappa shape index (κ1) is 24.6. The summed E-state index contributed by atoms with van der Waals surface area (Å²) in [4.78, 5) is 34.7. The predicted molar refractivity (Wildman–Crippen MR) is 110 cm³/mol. The minimum atomic E-state index is -0.833. The zero-order valence-electron chi connectivity index (χ0n) is 17.4. The Labute approximate surface area is 172 Å². The first-order chi connectivity index (χ1) is 13.8. The molecule has 29 heavy (non-hydrogen) atoms. The van der Waals surface area contributed by atoms with Crippen LogP contribution in [-0.2, 0) is 27.5 Å². The Morgan fingerprint density at radius 3 is 2.07 bits per heavy atom. The van der Waals surface area contributed by atoms with E-state index in [4.69, 9.17) is 19.8 Å². The van der Waals surface area contributed by atoms with Crippen LogP contribution in [-0.4, -0.2) is 70.6 Å². The highest BCUT2D eigenvalue weighted by Gasteiger charge is 2.19. The molecule has 3 N–H and O–H groups in total. The number of nitrogens with zero attached hydrogens (tertiary/aromatic N) is 2. The molecule has 8 heteroatoms. The monoisotopic (exact) mass is 407 g/mol. The molecule has 1 saturated heterocycles. The third kappa shape index (κ3) is 11.2. The normalized spacial score (nSPS) is 15.7. The Bertz CT molecular complexity index is 612. The quantitative estimate of drug-likeness (QED) is 0.698. The highest BCUT2D eigenvalue weighted by atomic mass is 16.4. The molecule has 8 nitrogen and oxygen atoms in total. The van der Waals surface area contributed by atoms with Gasteiger partial charge in [-0.1, -0.05) is 24.3 Å². The van der Waals surface area contributed by atoms with Crippen molar-refractivity contribution in [3.05, 3.63) is 35.4 Å². The number of carboxylic acid groups (broad SMARTS) is 2. The lowest BCUT2D eigenvalue weighted by atomic mass is 10.1. The number of carbonyl (C=O) groups is 3. The second-order valence-electron chi connectivity index (χ2n) is 7.11. The van der Waals surface area contributed by atoms with E-state index in [0.29, 0.717) is 12.3 Å². The highest BCUT2D eigenvalue weighted by Crippen LogP contribution is 2.22. The van der Waals surface area contributed by atoms with Gasteiger partial charge in [-0.15, -0.1) is 0 Å². The number of aliphatic carboxylic acids is 2. The molecule has 162 valence electrons. The summed E-state index contributed by atoms with van der Waals surface area (Å²) in [5.74, 6) is -1.34. The van der Waals surface area contributed by atoms with Gasteiger partial charge in [0.15, 0.2) is 0 Å². The molecule has 1 amide bonds. The second kappa shape index (κ2) is 13.7. The minimum absolute atomic E-state index is 0.329. The molecule has 1 aromatic carbocycles.